The van der Waals surface area contributed by atoms with Crippen molar-refractivity contribution in [2.75, 3.05) is 26.2 Å². The Morgan fingerprint density at radius 1 is 1.39 bits per heavy atom. The van der Waals surface area contributed by atoms with Crippen molar-refractivity contribution < 1.29 is 9.84 Å². The van der Waals surface area contributed by atoms with Gasteiger partial charge in [0, 0.05) is 11.6 Å². The lowest BCUT2D eigenvalue weighted by atomic mass is 10.2. The minimum absolute atomic E-state index is 0.293. The molecule has 0 aliphatic carbocycles. The molecule has 1 rings (SSSR count). The predicted molar refractivity (Wildman–Crippen MR) is 73.7 cm³/mol. The summed E-state index contributed by atoms with van der Waals surface area (Å²) in [5, 5.41) is 13.4. The molecule has 18 heavy (non-hydrogen) atoms. The Morgan fingerprint density at radius 3 is 2.89 bits per heavy atom. The quantitative estimate of drug-likeness (QED) is 0.590. The monoisotopic (exact) mass is 272 g/mol. The number of ether oxygens (including phenoxy) is 1. The van der Waals surface area contributed by atoms with Crippen LogP contribution in [0.2, 0.25) is 5.02 Å². The van der Waals surface area contributed by atoms with E-state index in [0.717, 1.165) is 18.5 Å². The molecule has 5 heteroatoms. The maximum Gasteiger partial charge on any atom is 0.0897 e. The molecular formula is C13H21ClN2O2. The highest BCUT2D eigenvalue weighted by Crippen LogP contribution is 2.15. The summed E-state index contributed by atoms with van der Waals surface area (Å²) in [5.74, 6) is 0. The smallest absolute Gasteiger partial charge is 0.0897 e. The minimum atomic E-state index is -0.509. The van der Waals surface area contributed by atoms with Gasteiger partial charge in [-0.05, 0) is 31.1 Å². The Bertz CT molecular complexity index is 337. The average molecular weight is 273 g/mol. The number of aliphatic hydroxyl groups is 1. The number of halogens is 1. The van der Waals surface area contributed by atoms with Crippen LogP contribution < -0.4 is 11.1 Å². The first-order valence-corrected chi connectivity index (χ1v) is 6.52. The molecule has 1 atom stereocenters. The number of hydrogen-bond donors (Lipinski definition) is 3. The molecule has 0 fully saturated rings. The van der Waals surface area contributed by atoms with Crippen molar-refractivity contribution in [2.24, 2.45) is 5.73 Å². The number of nitrogens with two attached hydrogens (primary N) is 1. The second-order valence-electron chi connectivity index (χ2n) is 4.11. The van der Waals surface area contributed by atoms with Crippen molar-refractivity contribution in [3.8, 4) is 0 Å². The second kappa shape index (κ2) is 9.30. The normalized spacial score (nSPS) is 12.6. The van der Waals surface area contributed by atoms with Gasteiger partial charge in [-0.15, -0.1) is 0 Å². The summed E-state index contributed by atoms with van der Waals surface area (Å²) in [7, 11) is 0. The van der Waals surface area contributed by atoms with Gasteiger partial charge in [0.15, 0.2) is 0 Å². The maximum absolute atomic E-state index is 9.64. The fourth-order valence-electron chi connectivity index (χ4n) is 1.48. The molecule has 0 saturated heterocycles. The van der Waals surface area contributed by atoms with Crippen molar-refractivity contribution in [1.29, 1.82) is 0 Å². The van der Waals surface area contributed by atoms with Crippen molar-refractivity contribution in [3.63, 3.8) is 0 Å². The minimum Gasteiger partial charge on any atom is -0.389 e. The van der Waals surface area contributed by atoms with Crippen LogP contribution in [0.1, 0.15) is 12.0 Å². The maximum atomic E-state index is 9.64. The van der Waals surface area contributed by atoms with Crippen LogP contribution in [-0.4, -0.2) is 37.5 Å². The third kappa shape index (κ3) is 6.33. The van der Waals surface area contributed by atoms with Gasteiger partial charge in [0.05, 0.1) is 19.3 Å². The van der Waals surface area contributed by atoms with Crippen molar-refractivity contribution in [2.45, 2.75) is 19.1 Å². The highest BCUT2D eigenvalue weighted by atomic mass is 35.5. The van der Waals surface area contributed by atoms with Gasteiger partial charge in [-0.2, -0.15) is 0 Å². The Kier molecular flexibility index (Phi) is 7.96. The average Bonchev–Trinajstić information content (AvgIpc) is 2.37. The fraction of sp³-hybridized carbons (Fsp3) is 0.538. The Hall–Kier alpha value is -0.650. The van der Waals surface area contributed by atoms with Crippen LogP contribution in [-0.2, 0) is 11.3 Å². The highest BCUT2D eigenvalue weighted by molar-refractivity contribution is 6.31. The van der Waals surface area contributed by atoms with Gasteiger partial charge >= 0.3 is 0 Å². The summed E-state index contributed by atoms with van der Waals surface area (Å²) in [4.78, 5) is 0. The van der Waals surface area contributed by atoms with E-state index in [1.807, 2.05) is 24.3 Å². The molecule has 4 nitrogen and oxygen atoms in total. The van der Waals surface area contributed by atoms with Gasteiger partial charge in [-0.3, -0.25) is 0 Å². The topological polar surface area (TPSA) is 67.5 Å². The van der Waals surface area contributed by atoms with Crippen LogP contribution in [0, 0.1) is 0 Å². The number of rotatable bonds is 9. The Morgan fingerprint density at radius 2 is 2.17 bits per heavy atom. The SMILES string of the molecule is NCCCNCC(O)COCc1ccccc1Cl. The number of hydrogen-bond acceptors (Lipinski definition) is 4. The molecule has 0 heterocycles. The lowest BCUT2D eigenvalue weighted by molar-refractivity contribution is 0.0290. The molecule has 0 bridgehead atoms. The molecule has 0 saturated carbocycles. The van der Waals surface area contributed by atoms with Crippen LogP contribution in [0.15, 0.2) is 24.3 Å². The molecule has 1 unspecified atom stereocenters. The Balaban J connectivity index is 2.12. The lowest BCUT2D eigenvalue weighted by Gasteiger charge is -2.12. The molecule has 0 radical (unpaired) electrons. The highest BCUT2D eigenvalue weighted by Gasteiger charge is 2.04. The van der Waals surface area contributed by atoms with E-state index in [2.05, 4.69) is 5.32 Å². The number of aliphatic hydroxyl groups excluding tert-OH is 1. The molecule has 102 valence electrons. The largest absolute Gasteiger partial charge is 0.389 e. The fourth-order valence-corrected chi connectivity index (χ4v) is 1.67. The predicted octanol–water partition coefficient (Wildman–Crippen LogP) is 1.16. The van der Waals surface area contributed by atoms with E-state index in [0.29, 0.717) is 31.3 Å². The summed E-state index contributed by atoms with van der Waals surface area (Å²) in [5.41, 5.74) is 6.30. The van der Waals surface area contributed by atoms with Gasteiger partial charge in [0.2, 0.25) is 0 Å². The van der Waals surface area contributed by atoms with Gasteiger partial charge < -0.3 is 20.9 Å². The van der Waals surface area contributed by atoms with Crippen LogP contribution in [0.5, 0.6) is 0 Å². The molecule has 1 aromatic rings. The van der Waals surface area contributed by atoms with Crippen LogP contribution in [0.3, 0.4) is 0 Å². The molecule has 4 N–H and O–H groups in total. The number of nitrogens with one attached hydrogen (secondary N) is 1. The van der Waals surface area contributed by atoms with Crippen molar-refractivity contribution >= 4 is 11.6 Å². The third-order valence-corrected chi connectivity index (χ3v) is 2.83. The van der Waals surface area contributed by atoms with Gasteiger partial charge in [-0.25, -0.2) is 0 Å². The lowest BCUT2D eigenvalue weighted by Crippen LogP contribution is -2.31. The second-order valence-corrected chi connectivity index (χ2v) is 4.51. The standard InChI is InChI=1S/C13H21ClN2O2/c14-13-5-2-1-4-11(13)9-18-10-12(17)8-16-7-3-6-15/h1-2,4-5,12,16-17H,3,6-10,15H2. The molecule has 0 spiro atoms. The first kappa shape index (κ1) is 15.4. The molecule has 0 aliphatic heterocycles. The van der Waals surface area contributed by atoms with Gasteiger partial charge in [-0.1, -0.05) is 29.8 Å². The van der Waals surface area contributed by atoms with Crippen molar-refractivity contribution in [3.05, 3.63) is 34.9 Å². The third-order valence-electron chi connectivity index (χ3n) is 2.46. The van der Waals surface area contributed by atoms with E-state index in [1.54, 1.807) is 0 Å². The summed E-state index contributed by atoms with van der Waals surface area (Å²) in [6.07, 6.45) is 0.401. The van der Waals surface area contributed by atoms with E-state index < -0.39 is 6.10 Å². The zero-order valence-corrected chi connectivity index (χ0v) is 11.2. The van der Waals surface area contributed by atoms with E-state index in [-0.39, 0.29) is 0 Å². The van der Waals surface area contributed by atoms with E-state index in [4.69, 9.17) is 22.1 Å². The van der Waals surface area contributed by atoms with Crippen LogP contribution >= 0.6 is 11.6 Å². The first-order valence-electron chi connectivity index (χ1n) is 6.14. The molecule has 1 aromatic carbocycles. The van der Waals surface area contributed by atoms with Gasteiger partial charge in [0.25, 0.3) is 0 Å². The first-order chi connectivity index (χ1) is 8.74. The zero-order chi connectivity index (χ0) is 13.2. The molecule has 0 aromatic heterocycles. The summed E-state index contributed by atoms with van der Waals surface area (Å²) in [6, 6.07) is 7.52. The van der Waals surface area contributed by atoms with Gasteiger partial charge in [0.1, 0.15) is 0 Å². The van der Waals surface area contributed by atoms with E-state index in [9.17, 15) is 5.11 Å². The number of benzene rings is 1. The van der Waals surface area contributed by atoms with Crippen molar-refractivity contribution in [1.82, 2.24) is 5.32 Å². The molecular weight excluding hydrogens is 252 g/mol. The summed E-state index contributed by atoms with van der Waals surface area (Å²) in [6.45, 7) is 2.70. The van der Waals surface area contributed by atoms with E-state index >= 15 is 0 Å². The van der Waals surface area contributed by atoms with Crippen LogP contribution in [0.4, 0.5) is 0 Å². The zero-order valence-electron chi connectivity index (χ0n) is 10.4. The summed E-state index contributed by atoms with van der Waals surface area (Å²) >= 11 is 5.99. The molecule has 0 amide bonds. The Labute approximate surface area is 113 Å². The summed E-state index contributed by atoms with van der Waals surface area (Å²) < 4.78 is 5.42. The van der Waals surface area contributed by atoms with E-state index in [1.165, 1.54) is 0 Å². The molecule has 0 aliphatic rings. The van der Waals surface area contributed by atoms with Crippen LogP contribution in [0.25, 0.3) is 0 Å².